The molecule has 0 amide bonds. The average molecular weight is 234 g/mol. The minimum atomic E-state index is -1.04. The van der Waals surface area contributed by atoms with Crippen molar-refractivity contribution < 1.29 is 4.21 Å². The van der Waals surface area contributed by atoms with Crippen LogP contribution in [0.4, 0.5) is 0 Å². The molecule has 78 valence electrons. The molecule has 1 aromatic rings. The monoisotopic (exact) mass is 233 g/mol. The highest BCUT2D eigenvalue weighted by Crippen LogP contribution is 2.11. The molecule has 2 atom stereocenters. The molecule has 0 aromatic carbocycles. The van der Waals surface area contributed by atoms with Gasteiger partial charge in [0.2, 0.25) is 5.16 Å². The van der Waals surface area contributed by atoms with Crippen molar-refractivity contribution in [3.8, 4) is 0 Å². The lowest BCUT2D eigenvalue weighted by molar-refractivity contribution is 0.664. The van der Waals surface area contributed by atoms with E-state index in [0.29, 0.717) is 5.16 Å². The van der Waals surface area contributed by atoms with Gasteiger partial charge in [-0.15, -0.1) is 12.4 Å². The zero-order valence-electron chi connectivity index (χ0n) is 7.55. The highest BCUT2D eigenvalue weighted by molar-refractivity contribution is 7.85. The van der Waals surface area contributed by atoms with Gasteiger partial charge in [0.05, 0.1) is 16.0 Å². The van der Waals surface area contributed by atoms with Crippen LogP contribution >= 0.6 is 12.4 Å². The summed E-state index contributed by atoms with van der Waals surface area (Å²) in [5.74, 6) is 0. The van der Waals surface area contributed by atoms with E-state index in [2.05, 4.69) is 15.3 Å². The fourth-order valence-corrected chi connectivity index (χ4v) is 2.58. The minimum absolute atomic E-state index is 0. The summed E-state index contributed by atoms with van der Waals surface area (Å²) in [6, 6.07) is 1.73. The Kier molecular flexibility index (Phi) is 4.44. The Morgan fingerprint density at radius 1 is 1.43 bits per heavy atom. The summed E-state index contributed by atoms with van der Waals surface area (Å²) in [6.07, 6.45) is 4.20. The second-order valence-corrected chi connectivity index (χ2v) is 4.57. The zero-order chi connectivity index (χ0) is 9.10. The summed E-state index contributed by atoms with van der Waals surface area (Å²) in [6.45, 7) is 1.76. The Morgan fingerprint density at radius 2 is 2.14 bits per heavy atom. The van der Waals surface area contributed by atoms with E-state index in [1.54, 1.807) is 18.5 Å². The van der Waals surface area contributed by atoms with Crippen LogP contribution in [0.15, 0.2) is 23.6 Å². The fraction of sp³-hybridized carbons (Fsp3) is 0.500. The number of rotatable bonds is 2. The van der Waals surface area contributed by atoms with Gasteiger partial charge in [-0.1, -0.05) is 0 Å². The molecular weight excluding hydrogens is 222 g/mol. The van der Waals surface area contributed by atoms with Crippen LogP contribution in [0.1, 0.15) is 6.42 Å². The van der Waals surface area contributed by atoms with Gasteiger partial charge in [-0.3, -0.25) is 4.21 Å². The van der Waals surface area contributed by atoms with Crippen LogP contribution in [-0.4, -0.2) is 32.5 Å². The lowest BCUT2D eigenvalue weighted by Gasteiger charge is -2.05. The first-order valence-corrected chi connectivity index (χ1v) is 5.47. The Morgan fingerprint density at radius 3 is 2.71 bits per heavy atom. The zero-order valence-corrected chi connectivity index (χ0v) is 9.18. The minimum Gasteiger partial charge on any atom is -0.315 e. The predicted octanol–water partition coefficient (Wildman–Crippen LogP) is 0.368. The maximum atomic E-state index is 11.8. The number of halogens is 1. The van der Waals surface area contributed by atoms with Crippen LogP contribution in [0.3, 0.4) is 0 Å². The van der Waals surface area contributed by atoms with Gasteiger partial charge >= 0.3 is 0 Å². The van der Waals surface area contributed by atoms with Gasteiger partial charge in [-0.25, -0.2) is 9.97 Å². The number of hydrogen-bond donors (Lipinski definition) is 1. The SMILES string of the molecule is Cl.O=S(c1ncccn1)[C@@H]1CCNC1. The molecule has 0 saturated carbocycles. The van der Waals surface area contributed by atoms with Gasteiger partial charge in [0.15, 0.2) is 0 Å². The van der Waals surface area contributed by atoms with Crippen molar-refractivity contribution in [2.24, 2.45) is 0 Å². The molecule has 1 aliphatic heterocycles. The molecule has 1 aromatic heterocycles. The van der Waals surface area contributed by atoms with Crippen molar-refractivity contribution in [1.82, 2.24) is 15.3 Å². The smallest absolute Gasteiger partial charge is 0.218 e. The topological polar surface area (TPSA) is 54.9 Å². The summed E-state index contributed by atoms with van der Waals surface area (Å²) < 4.78 is 11.8. The molecule has 4 nitrogen and oxygen atoms in total. The van der Waals surface area contributed by atoms with Gasteiger partial charge in [0.1, 0.15) is 0 Å². The molecule has 1 saturated heterocycles. The first-order chi connectivity index (χ1) is 6.38. The molecule has 1 N–H and O–H groups in total. The lowest BCUT2D eigenvalue weighted by atomic mass is 10.4. The van der Waals surface area contributed by atoms with Crippen LogP contribution in [-0.2, 0) is 10.8 Å². The normalized spacial score (nSPS) is 22.7. The summed E-state index contributed by atoms with van der Waals surface area (Å²) in [4.78, 5) is 7.97. The highest BCUT2D eigenvalue weighted by atomic mass is 35.5. The molecule has 0 spiro atoms. The maximum Gasteiger partial charge on any atom is 0.218 e. The Hall–Kier alpha value is -0.520. The molecule has 2 rings (SSSR count). The number of aromatic nitrogens is 2. The number of hydrogen-bond acceptors (Lipinski definition) is 4. The quantitative estimate of drug-likeness (QED) is 0.750. The van der Waals surface area contributed by atoms with Gasteiger partial charge in [-0.2, -0.15) is 0 Å². The van der Waals surface area contributed by atoms with E-state index in [9.17, 15) is 4.21 Å². The summed E-state index contributed by atoms with van der Waals surface area (Å²) in [7, 11) is -1.04. The third-order valence-electron chi connectivity index (χ3n) is 2.04. The molecule has 6 heteroatoms. The van der Waals surface area contributed by atoms with E-state index < -0.39 is 10.8 Å². The van der Waals surface area contributed by atoms with E-state index in [4.69, 9.17) is 0 Å². The molecule has 0 bridgehead atoms. The highest BCUT2D eigenvalue weighted by Gasteiger charge is 2.23. The van der Waals surface area contributed by atoms with E-state index in [0.717, 1.165) is 19.5 Å². The van der Waals surface area contributed by atoms with Crippen LogP contribution in [0.2, 0.25) is 0 Å². The Bertz CT molecular complexity index is 303. The molecule has 0 aliphatic carbocycles. The Balaban J connectivity index is 0.000000980. The van der Waals surface area contributed by atoms with Gasteiger partial charge in [0.25, 0.3) is 0 Å². The molecule has 0 radical (unpaired) electrons. The van der Waals surface area contributed by atoms with E-state index in [1.807, 2.05) is 0 Å². The lowest BCUT2D eigenvalue weighted by Crippen LogP contribution is -2.20. The van der Waals surface area contributed by atoms with E-state index >= 15 is 0 Å². The molecule has 1 unspecified atom stereocenters. The predicted molar refractivity (Wildman–Crippen MR) is 57.0 cm³/mol. The first kappa shape index (κ1) is 11.6. The third kappa shape index (κ3) is 2.50. The number of nitrogens with zero attached hydrogens (tertiary/aromatic N) is 2. The van der Waals surface area contributed by atoms with Crippen molar-refractivity contribution in [3.05, 3.63) is 18.5 Å². The summed E-state index contributed by atoms with van der Waals surface area (Å²) in [5.41, 5.74) is 0. The van der Waals surface area contributed by atoms with Gasteiger partial charge in [0, 0.05) is 18.9 Å². The van der Waals surface area contributed by atoms with Crippen molar-refractivity contribution in [3.63, 3.8) is 0 Å². The average Bonchev–Trinajstić information content (AvgIpc) is 2.71. The second kappa shape index (κ2) is 5.38. The van der Waals surface area contributed by atoms with Crippen LogP contribution in [0.5, 0.6) is 0 Å². The Labute approximate surface area is 91.4 Å². The van der Waals surface area contributed by atoms with Crippen molar-refractivity contribution >= 4 is 23.2 Å². The summed E-state index contributed by atoms with van der Waals surface area (Å²) in [5, 5.41) is 3.81. The van der Waals surface area contributed by atoms with Crippen LogP contribution < -0.4 is 5.32 Å². The van der Waals surface area contributed by atoms with E-state index in [-0.39, 0.29) is 17.7 Å². The van der Waals surface area contributed by atoms with Crippen LogP contribution in [0.25, 0.3) is 0 Å². The molecule has 1 fully saturated rings. The van der Waals surface area contributed by atoms with E-state index in [1.165, 1.54) is 0 Å². The first-order valence-electron chi connectivity index (χ1n) is 4.26. The van der Waals surface area contributed by atoms with Crippen LogP contribution in [0, 0.1) is 0 Å². The van der Waals surface area contributed by atoms with Crippen molar-refractivity contribution in [1.29, 1.82) is 0 Å². The standard InChI is InChI=1S/C8H11N3OS.ClH/c12-13(7-2-5-9-6-7)8-10-3-1-4-11-8;/h1,3-4,7,9H,2,5-6H2;1H/t7-,13?;/m1./s1. The maximum absolute atomic E-state index is 11.8. The number of nitrogens with one attached hydrogen (secondary N) is 1. The molecule has 1 aliphatic rings. The third-order valence-corrected chi connectivity index (χ3v) is 3.62. The molecule has 14 heavy (non-hydrogen) atoms. The molecule has 2 heterocycles. The van der Waals surface area contributed by atoms with Gasteiger partial charge in [-0.05, 0) is 19.0 Å². The largest absolute Gasteiger partial charge is 0.315 e. The fourth-order valence-electron chi connectivity index (χ4n) is 1.35. The van der Waals surface area contributed by atoms with Gasteiger partial charge < -0.3 is 5.32 Å². The van der Waals surface area contributed by atoms with Crippen molar-refractivity contribution in [2.75, 3.05) is 13.1 Å². The summed E-state index contributed by atoms with van der Waals surface area (Å²) >= 11 is 0. The second-order valence-electron chi connectivity index (χ2n) is 2.94. The van der Waals surface area contributed by atoms with Crippen molar-refractivity contribution in [2.45, 2.75) is 16.8 Å². The molecular formula is C8H12ClN3OS.